The minimum atomic E-state index is -0.0777. The molecule has 1 aliphatic carbocycles. The largest absolute Gasteiger partial charge is 0.370 e. The lowest BCUT2D eigenvalue weighted by atomic mass is 9.86. The molecule has 4 nitrogen and oxygen atoms in total. The molecule has 0 unspecified atom stereocenters. The average molecular weight is 406 g/mol. The second-order valence-electron chi connectivity index (χ2n) is 7.37. The Labute approximate surface area is 170 Å². The maximum Gasteiger partial charge on any atom is 0.253 e. The summed E-state index contributed by atoms with van der Waals surface area (Å²) in [6.45, 7) is 4.82. The summed E-state index contributed by atoms with van der Waals surface area (Å²) in [5.41, 5.74) is 2.62. The van der Waals surface area contributed by atoms with Gasteiger partial charge in [0.25, 0.3) is 5.91 Å². The van der Waals surface area contributed by atoms with Crippen molar-refractivity contribution in [2.24, 2.45) is 5.92 Å². The van der Waals surface area contributed by atoms with Crippen molar-refractivity contribution in [1.29, 1.82) is 0 Å². The number of anilines is 1. The Hall–Kier alpha value is -1.78. The first-order valence-corrected chi connectivity index (χ1v) is 10.1. The third kappa shape index (κ3) is 5.36. The molecule has 1 aliphatic rings. The highest BCUT2D eigenvalue weighted by Gasteiger charge is 2.23. The fraction of sp³-hybridized carbons (Fsp3) is 0.429. The quantitative estimate of drug-likeness (QED) is 0.699. The average Bonchev–Trinajstić information content (AvgIpc) is 2.65. The van der Waals surface area contributed by atoms with E-state index in [0.717, 1.165) is 49.2 Å². The van der Waals surface area contributed by atoms with E-state index in [1.165, 1.54) is 0 Å². The third-order valence-electron chi connectivity index (χ3n) is 5.17. The van der Waals surface area contributed by atoms with E-state index in [9.17, 15) is 4.79 Å². The molecule has 1 heterocycles. The first kappa shape index (κ1) is 20.0. The van der Waals surface area contributed by atoms with Crippen LogP contribution < -0.4 is 10.6 Å². The van der Waals surface area contributed by atoms with E-state index in [2.05, 4.69) is 15.6 Å². The van der Waals surface area contributed by atoms with Crippen molar-refractivity contribution in [2.45, 2.75) is 45.6 Å². The minimum Gasteiger partial charge on any atom is -0.370 e. The van der Waals surface area contributed by atoms with Gasteiger partial charge in [0.1, 0.15) is 5.82 Å². The maximum absolute atomic E-state index is 12.5. The molecule has 1 amide bonds. The first-order chi connectivity index (χ1) is 12.9. The van der Waals surface area contributed by atoms with Crippen molar-refractivity contribution in [2.75, 3.05) is 11.9 Å². The lowest BCUT2D eigenvalue weighted by Crippen LogP contribution is -2.38. The standard InChI is InChI=1S/C21H25Cl2N3O/c1-13-3-8-18(22)17(9-13)21(27)26-16-6-4-15(5-7-16)11-24-20-10-14(2)19(23)12-25-20/h3,8-10,12,15-16H,4-7,11H2,1-2H3,(H,24,25)(H,26,27). The predicted molar refractivity (Wildman–Crippen MR) is 112 cm³/mol. The van der Waals surface area contributed by atoms with Gasteiger partial charge in [0.15, 0.2) is 0 Å². The van der Waals surface area contributed by atoms with E-state index >= 15 is 0 Å². The van der Waals surface area contributed by atoms with Crippen LogP contribution in [-0.2, 0) is 0 Å². The zero-order chi connectivity index (χ0) is 19.4. The van der Waals surface area contributed by atoms with Crippen LogP contribution in [0.4, 0.5) is 5.82 Å². The van der Waals surface area contributed by atoms with E-state index in [4.69, 9.17) is 23.2 Å². The number of carbonyl (C=O) groups is 1. The van der Waals surface area contributed by atoms with Gasteiger partial charge in [-0.3, -0.25) is 4.79 Å². The van der Waals surface area contributed by atoms with Gasteiger partial charge in [-0.15, -0.1) is 0 Å². The maximum atomic E-state index is 12.5. The zero-order valence-corrected chi connectivity index (χ0v) is 17.2. The van der Waals surface area contributed by atoms with Crippen LogP contribution in [0.1, 0.15) is 47.2 Å². The predicted octanol–water partition coefficient (Wildman–Crippen LogP) is 5.41. The monoisotopic (exact) mass is 405 g/mol. The van der Waals surface area contributed by atoms with E-state index in [-0.39, 0.29) is 11.9 Å². The van der Waals surface area contributed by atoms with Crippen LogP contribution in [-0.4, -0.2) is 23.5 Å². The molecular weight excluding hydrogens is 381 g/mol. The van der Waals surface area contributed by atoms with Crippen molar-refractivity contribution < 1.29 is 4.79 Å². The second kappa shape index (κ2) is 8.94. The molecule has 0 bridgehead atoms. The third-order valence-corrected chi connectivity index (χ3v) is 5.89. The van der Waals surface area contributed by atoms with Gasteiger partial charge >= 0.3 is 0 Å². The van der Waals surface area contributed by atoms with E-state index < -0.39 is 0 Å². The second-order valence-corrected chi connectivity index (χ2v) is 8.19. The van der Waals surface area contributed by atoms with Crippen LogP contribution >= 0.6 is 23.2 Å². The summed E-state index contributed by atoms with van der Waals surface area (Å²) in [4.78, 5) is 16.8. The number of halogens is 2. The lowest BCUT2D eigenvalue weighted by Gasteiger charge is -2.29. The molecule has 2 aromatic rings. The highest BCUT2D eigenvalue weighted by atomic mass is 35.5. The van der Waals surface area contributed by atoms with Gasteiger partial charge in [0.05, 0.1) is 15.6 Å². The number of aromatic nitrogens is 1. The molecule has 27 heavy (non-hydrogen) atoms. The van der Waals surface area contributed by atoms with Crippen LogP contribution in [0.3, 0.4) is 0 Å². The molecule has 3 rings (SSSR count). The normalized spacial score (nSPS) is 19.6. The number of hydrogen-bond acceptors (Lipinski definition) is 3. The van der Waals surface area contributed by atoms with E-state index in [1.807, 2.05) is 32.0 Å². The van der Waals surface area contributed by atoms with Crippen LogP contribution in [0, 0.1) is 19.8 Å². The number of aryl methyl sites for hydroxylation is 2. The number of benzene rings is 1. The van der Waals surface area contributed by atoms with Crippen molar-refractivity contribution in [3.8, 4) is 0 Å². The Morgan fingerprint density at radius 2 is 1.85 bits per heavy atom. The Morgan fingerprint density at radius 1 is 1.11 bits per heavy atom. The highest BCUT2D eigenvalue weighted by molar-refractivity contribution is 6.33. The number of pyridine rings is 1. The number of carbonyl (C=O) groups excluding carboxylic acids is 1. The molecule has 1 aromatic heterocycles. The molecule has 0 aliphatic heterocycles. The molecule has 2 N–H and O–H groups in total. The van der Waals surface area contributed by atoms with Crippen molar-refractivity contribution in [3.63, 3.8) is 0 Å². The molecular formula is C21H25Cl2N3O. The summed E-state index contributed by atoms with van der Waals surface area (Å²) >= 11 is 12.2. The zero-order valence-electron chi connectivity index (χ0n) is 15.7. The topological polar surface area (TPSA) is 54.0 Å². The molecule has 1 fully saturated rings. The summed E-state index contributed by atoms with van der Waals surface area (Å²) in [5, 5.41) is 7.73. The number of nitrogens with zero attached hydrogens (tertiary/aromatic N) is 1. The van der Waals surface area contributed by atoms with Crippen LogP contribution in [0.2, 0.25) is 10.0 Å². The van der Waals surface area contributed by atoms with Gasteiger partial charge in [-0.25, -0.2) is 4.98 Å². The molecule has 144 valence electrons. The summed E-state index contributed by atoms with van der Waals surface area (Å²) in [7, 11) is 0. The Kier molecular flexibility index (Phi) is 6.61. The van der Waals surface area contributed by atoms with Crippen molar-refractivity contribution >= 4 is 34.9 Å². The SMILES string of the molecule is Cc1ccc(Cl)c(C(=O)NC2CCC(CNc3cc(C)c(Cl)cn3)CC2)c1. The van der Waals surface area contributed by atoms with Gasteiger partial charge in [0, 0.05) is 18.8 Å². The fourth-order valence-electron chi connectivity index (χ4n) is 3.47. The van der Waals surface area contributed by atoms with Gasteiger partial charge in [-0.1, -0.05) is 34.8 Å². The fourth-order valence-corrected chi connectivity index (χ4v) is 3.78. The summed E-state index contributed by atoms with van der Waals surface area (Å²) in [5.74, 6) is 1.37. The minimum absolute atomic E-state index is 0.0777. The molecule has 0 spiro atoms. The Bertz CT molecular complexity index is 817. The molecule has 6 heteroatoms. The number of amides is 1. The Morgan fingerprint density at radius 3 is 2.56 bits per heavy atom. The van der Waals surface area contributed by atoms with Crippen molar-refractivity contribution in [1.82, 2.24) is 10.3 Å². The molecule has 0 atom stereocenters. The van der Waals surface area contributed by atoms with Crippen molar-refractivity contribution in [3.05, 3.63) is 57.2 Å². The van der Waals surface area contributed by atoms with Gasteiger partial charge in [0.2, 0.25) is 0 Å². The van der Waals surface area contributed by atoms with Crippen LogP contribution in [0.5, 0.6) is 0 Å². The van der Waals surface area contributed by atoms with Crippen LogP contribution in [0.25, 0.3) is 0 Å². The summed E-state index contributed by atoms with van der Waals surface area (Å²) < 4.78 is 0. The molecule has 0 radical (unpaired) electrons. The molecule has 1 aromatic carbocycles. The summed E-state index contributed by atoms with van der Waals surface area (Å²) in [6, 6.07) is 7.71. The van der Waals surface area contributed by atoms with E-state index in [0.29, 0.717) is 21.5 Å². The highest BCUT2D eigenvalue weighted by Crippen LogP contribution is 2.26. The molecule has 0 saturated heterocycles. The lowest BCUT2D eigenvalue weighted by molar-refractivity contribution is 0.0923. The number of rotatable bonds is 5. The van der Waals surface area contributed by atoms with Gasteiger partial charge < -0.3 is 10.6 Å². The summed E-state index contributed by atoms with van der Waals surface area (Å²) in [6.07, 6.45) is 5.80. The number of hydrogen-bond donors (Lipinski definition) is 2. The smallest absolute Gasteiger partial charge is 0.253 e. The van der Waals surface area contributed by atoms with E-state index in [1.54, 1.807) is 12.3 Å². The Balaban J connectivity index is 1.46. The number of nitrogens with one attached hydrogen (secondary N) is 2. The van der Waals surface area contributed by atoms with Gasteiger partial charge in [-0.05, 0) is 69.2 Å². The van der Waals surface area contributed by atoms with Gasteiger partial charge in [-0.2, -0.15) is 0 Å². The van der Waals surface area contributed by atoms with Crippen LogP contribution in [0.15, 0.2) is 30.5 Å². The molecule has 1 saturated carbocycles. The first-order valence-electron chi connectivity index (χ1n) is 9.35.